The van der Waals surface area contributed by atoms with Crippen LogP contribution in [0.2, 0.25) is 0 Å². The van der Waals surface area contributed by atoms with Crippen LogP contribution in [0.15, 0.2) is 29.9 Å². The van der Waals surface area contributed by atoms with Gasteiger partial charge in [0.05, 0.1) is 6.54 Å². The first-order valence-corrected chi connectivity index (χ1v) is 6.15. The Morgan fingerprint density at radius 3 is 3.06 bits per heavy atom. The van der Waals surface area contributed by atoms with Crippen LogP contribution >= 0.6 is 11.8 Å². The quantitative estimate of drug-likeness (QED) is 0.484. The van der Waals surface area contributed by atoms with Crippen LogP contribution in [0.25, 0.3) is 5.82 Å². The van der Waals surface area contributed by atoms with Crippen LogP contribution in [0, 0.1) is 0 Å². The second-order valence-corrected chi connectivity index (χ2v) is 3.89. The monoisotopic (exact) mass is 249 g/mol. The van der Waals surface area contributed by atoms with E-state index in [-0.39, 0.29) is 6.54 Å². The number of nitrogens with one attached hydrogen (secondary N) is 1. The van der Waals surface area contributed by atoms with Crippen LogP contribution in [0.3, 0.4) is 0 Å². The Kier molecular flexibility index (Phi) is 3.71. The minimum Gasteiger partial charge on any atom is -0.363 e. The molecule has 88 valence electrons. The Bertz CT molecular complexity index is 499. The molecule has 2 aromatic heterocycles. The molecule has 0 fully saturated rings. The molecular formula is C10H11N5OS. The maximum absolute atomic E-state index is 10.3. The second-order valence-electron chi connectivity index (χ2n) is 3.12. The highest BCUT2D eigenvalue weighted by Crippen LogP contribution is 2.16. The zero-order chi connectivity index (χ0) is 12.1. The molecule has 0 aromatic carbocycles. The summed E-state index contributed by atoms with van der Waals surface area (Å²) in [7, 11) is 0. The number of rotatable bonds is 5. The normalized spacial score (nSPS) is 10.2. The highest BCUT2D eigenvalue weighted by molar-refractivity contribution is 7.98. The minimum absolute atomic E-state index is 0.230. The lowest BCUT2D eigenvalue weighted by Gasteiger charge is -2.07. The van der Waals surface area contributed by atoms with Crippen molar-refractivity contribution in [2.24, 2.45) is 0 Å². The van der Waals surface area contributed by atoms with Crippen LogP contribution in [0.5, 0.6) is 0 Å². The maximum atomic E-state index is 10.3. The standard InChI is InChI=1S/C10H11N5OS/c1-17-10-13-8(12-3-5-16)6-9(14-10)15-4-2-11-7-15/h2,4-7H,3H2,1H3,(H,12,13,14). The van der Waals surface area contributed by atoms with E-state index in [1.54, 1.807) is 29.4 Å². The van der Waals surface area contributed by atoms with Gasteiger partial charge in [0, 0.05) is 18.5 Å². The van der Waals surface area contributed by atoms with E-state index < -0.39 is 0 Å². The molecule has 6 nitrogen and oxygen atoms in total. The van der Waals surface area contributed by atoms with Gasteiger partial charge in [0.15, 0.2) is 5.16 Å². The number of imidazole rings is 1. The number of thioether (sulfide) groups is 1. The third-order valence-electron chi connectivity index (χ3n) is 2.01. The number of hydrogen-bond acceptors (Lipinski definition) is 6. The predicted octanol–water partition coefficient (Wildman–Crippen LogP) is 0.995. The summed E-state index contributed by atoms with van der Waals surface area (Å²) in [5.74, 6) is 1.34. The van der Waals surface area contributed by atoms with Gasteiger partial charge in [-0.25, -0.2) is 15.0 Å². The van der Waals surface area contributed by atoms with Gasteiger partial charge in [-0.05, 0) is 6.26 Å². The van der Waals surface area contributed by atoms with E-state index in [1.807, 2.05) is 6.26 Å². The number of aldehydes is 1. The zero-order valence-electron chi connectivity index (χ0n) is 9.20. The van der Waals surface area contributed by atoms with Gasteiger partial charge < -0.3 is 10.1 Å². The van der Waals surface area contributed by atoms with Crippen molar-refractivity contribution < 1.29 is 4.79 Å². The fourth-order valence-corrected chi connectivity index (χ4v) is 1.64. The van der Waals surface area contributed by atoms with Crippen molar-refractivity contribution in [1.29, 1.82) is 0 Å². The van der Waals surface area contributed by atoms with E-state index in [0.29, 0.717) is 11.0 Å². The van der Waals surface area contributed by atoms with Crippen molar-refractivity contribution in [2.75, 3.05) is 18.1 Å². The molecule has 0 atom stereocenters. The van der Waals surface area contributed by atoms with E-state index >= 15 is 0 Å². The molecular weight excluding hydrogens is 238 g/mol. The number of nitrogens with zero attached hydrogens (tertiary/aromatic N) is 4. The molecule has 0 bridgehead atoms. The lowest BCUT2D eigenvalue weighted by molar-refractivity contribution is -0.106. The molecule has 0 spiro atoms. The van der Waals surface area contributed by atoms with E-state index in [2.05, 4.69) is 20.3 Å². The second kappa shape index (κ2) is 5.44. The van der Waals surface area contributed by atoms with Gasteiger partial charge >= 0.3 is 0 Å². The van der Waals surface area contributed by atoms with Crippen LogP contribution < -0.4 is 5.32 Å². The average molecular weight is 249 g/mol. The van der Waals surface area contributed by atoms with Crippen LogP contribution in [-0.2, 0) is 4.79 Å². The van der Waals surface area contributed by atoms with E-state index in [4.69, 9.17) is 0 Å². The molecule has 2 heterocycles. The predicted molar refractivity (Wildman–Crippen MR) is 65.5 cm³/mol. The maximum Gasteiger partial charge on any atom is 0.191 e. The van der Waals surface area contributed by atoms with Gasteiger partial charge in [-0.1, -0.05) is 11.8 Å². The van der Waals surface area contributed by atoms with Gasteiger partial charge in [0.2, 0.25) is 0 Å². The fourth-order valence-electron chi connectivity index (χ4n) is 1.27. The zero-order valence-corrected chi connectivity index (χ0v) is 10.0. The molecule has 0 amide bonds. The molecule has 0 unspecified atom stereocenters. The highest BCUT2D eigenvalue weighted by atomic mass is 32.2. The van der Waals surface area contributed by atoms with Crippen molar-refractivity contribution in [2.45, 2.75) is 5.16 Å². The van der Waals surface area contributed by atoms with Gasteiger partial charge in [0.1, 0.15) is 24.2 Å². The SMILES string of the molecule is CSc1nc(NCC=O)cc(-n2ccnc2)n1. The van der Waals surface area contributed by atoms with Crippen molar-refractivity contribution >= 4 is 23.9 Å². The highest BCUT2D eigenvalue weighted by Gasteiger charge is 2.05. The van der Waals surface area contributed by atoms with Gasteiger partial charge in [-0.15, -0.1) is 0 Å². The number of aromatic nitrogens is 4. The summed E-state index contributed by atoms with van der Waals surface area (Å²) in [4.78, 5) is 22.9. The Morgan fingerprint density at radius 1 is 1.53 bits per heavy atom. The third kappa shape index (κ3) is 2.82. The smallest absolute Gasteiger partial charge is 0.191 e. The molecule has 0 aliphatic rings. The van der Waals surface area contributed by atoms with Crippen molar-refractivity contribution in [3.63, 3.8) is 0 Å². The van der Waals surface area contributed by atoms with Crippen molar-refractivity contribution in [3.8, 4) is 5.82 Å². The molecule has 0 aliphatic carbocycles. The molecule has 2 aromatic rings. The number of carbonyl (C=O) groups is 1. The van der Waals surface area contributed by atoms with Crippen molar-refractivity contribution in [3.05, 3.63) is 24.8 Å². The molecule has 1 N–H and O–H groups in total. The summed E-state index contributed by atoms with van der Waals surface area (Å²) in [5.41, 5.74) is 0. The van der Waals surface area contributed by atoms with Crippen LogP contribution in [0.4, 0.5) is 5.82 Å². The number of anilines is 1. The summed E-state index contributed by atoms with van der Waals surface area (Å²) in [6.07, 6.45) is 7.83. The summed E-state index contributed by atoms with van der Waals surface area (Å²) in [5, 5.41) is 3.55. The number of hydrogen-bond donors (Lipinski definition) is 1. The third-order valence-corrected chi connectivity index (χ3v) is 2.56. The lowest BCUT2D eigenvalue weighted by Crippen LogP contribution is -2.07. The summed E-state index contributed by atoms with van der Waals surface area (Å²) >= 11 is 1.44. The fraction of sp³-hybridized carbons (Fsp3) is 0.200. The van der Waals surface area contributed by atoms with E-state index in [9.17, 15) is 4.79 Å². The van der Waals surface area contributed by atoms with Gasteiger partial charge in [-0.2, -0.15) is 0 Å². The average Bonchev–Trinajstić information content (AvgIpc) is 2.89. The summed E-state index contributed by atoms with van der Waals surface area (Å²) in [6.45, 7) is 0.230. The lowest BCUT2D eigenvalue weighted by atomic mass is 10.5. The Morgan fingerprint density at radius 2 is 2.41 bits per heavy atom. The van der Waals surface area contributed by atoms with E-state index in [1.165, 1.54) is 11.8 Å². The summed E-state index contributed by atoms with van der Waals surface area (Å²) < 4.78 is 1.79. The molecule has 7 heteroatoms. The molecule has 0 saturated heterocycles. The van der Waals surface area contributed by atoms with Crippen LogP contribution in [-0.4, -0.2) is 38.6 Å². The first kappa shape index (κ1) is 11.6. The summed E-state index contributed by atoms with van der Waals surface area (Å²) in [6, 6.07) is 1.77. The van der Waals surface area contributed by atoms with Gasteiger partial charge in [-0.3, -0.25) is 4.57 Å². The molecule has 2 rings (SSSR count). The minimum atomic E-state index is 0.230. The Balaban J connectivity index is 2.35. The van der Waals surface area contributed by atoms with Gasteiger partial charge in [0.25, 0.3) is 0 Å². The first-order chi connectivity index (χ1) is 8.33. The van der Waals surface area contributed by atoms with Crippen LogP contribution in [0.1, 0.15) is 0 Å². The molecule has 0 aliphatic heterocycles. The first-order valence-electron chi connectivity index (χ1n) is 4.92. The van der Waals surface area contributed by atoms with E-state index in [0.717, 1.165) is 12.1 Å². The van der Waals surface area contributed by atoms with Crippen molar-refractivity contribution in [1.82, 2.24) is 19.5 Å². The Labute approximate surface area is 102 Å². The molecule has 0 saturated carbocycles. The topological polar surface area (TPSA) is 72.7 Å². The molecule has 0 radical (unpaired) electrons. The molecule has 17 heavy (non-hydrogen) atoms. The Hall–Kier alpha value is -1.89. The number of carbonyl (C=O) groups excluding carboxylic acids is 1. The largest absolute Gasteiger partial charge is 0.363 e.